The second-order valence-corrected chi connectivity index (χ2v) is 6.50. The van der Waals surface area contributed by atoms with Crippen LogP contribution >= 0.6 is 23.4 Å². The van der Waals surface area contributed by atoms with Gasteiger partial charge in [0.15, 0.2) is 11.5 Å². The van der Waals surface area contributed by atoms with Crippen LogP contribution in [0.5, 0.6) is 11.5 Å². The lowest BCUT2D eigenvalue weighted by Gasteiger charge is -2.20. The van der Waals surface area contributed by atoms with Crippen LogP contribution in [-0.2, 0) is 0 Å². The van der Waals surface area contributed by atoms with Crippen LogP contribution in [-0.4, -0.2) is 24.9 Å². The largest absolute Gasteiger partial charge is 0.486 e. The quantitative estimate of drug-likeness (QED) is 0.622. The van der Waals surface area contributed by atoms with Crippen LogP contribution in [0.2, 0.25) is 5.02 Å². The normalized spacial score (nSPS) is 12.5. The minimum atomic E-state index is -0.250. The van der Waals surface area contributed by atoms with E-state index in [4.69, 9.17) is 21.1 Å². The fourth-order valence-corrected chi connectivity index (χ4v) is 3.29. The van der Waals surface area contributed by atoms with Gasteiger partial charge in [0.25, 0.3) is 5.91 Å². The average molecular weight is 362 g/mol. The molecule has 0 saturated carbocycles. The monoisotopic (exact) mass is 361 g/mol. The Morgan fingerprint density at radius 3 is 2.92 bits per heavy atom. The van der Waals surface area contributed by atoms with Crippen LogP contribution in [0.1, 0.15) is 10.4 Å². The molecule has 0 radical (unpaired) electrons. The number of amides is 1. The van der Waals surface area contributed by atoms with E-state index in [9.17, 15) is 4.79 Å². The third-order valence-corrected chi connectivity index (χ3v) is 4.70. The van der Waals surface area contributed by atoms with Gasteiger partial charge in [0.2, 0.25) is 0 Å². The maximum atomic E-state index is 12.6. The third-order valence-electron chi connectivity index (χ3n) is 3.35. The zero-order valence-electron chi connectivity index (χ0n) is 12.9. The van der Waals surface area contributed by atoms with Crippen LogP contribution in [0, 0.1) is 0 Å². The highest BCUT2D eigenvalue weighted by atomic mass is 35.5. The fraction of sp³-hybridized carbons (Fsp3) is 0.167. The fourth-order valence-electron chi connectivity index (χ4n) is 2.28. The van der Waals surface area contributed by atoms with Gasteiger partial charge in [-0.15, -0.1) is 18.3 Å². The number of carbonyl (C=O) groups is 1. The van der Waals surface area contributed by atoms with Crippen LogP contribution in [0.15, 0.2) is 53.9 Å². The molecule has 2 aromatic rings. The molecule has 0 spiro atoms. The Kier molecular flexibility index (Phi) is 5.33. The summed E-state index contributed by atoms with van der Waals surface area (Å²) >= 11 is 7.80. The standard InChI is InChI=1S/C18H16ClNO3S/c1-2-9-24-16-6-4-3-5-14(16)20-18(21)12-10-13(19)17-15(11-12)22-7-8-23-17/h2-6,10-11H,1,7-9H2,(H,20,21). The molecule has 0 aliphatic carbocycles. The number of rotatable bonds is 5. The van der Waals surface area contributed by atoms with Gasteiger partial charge < -0.3 is 14.8 Å². The molecule has 0 saturated heterocycles. The summed E-state index contributed by atoms with van der Waals surface area (Å²) in [6, 6.07) is 10.9. The Morgan fingerprint density at radius 1 is 1.29 bits per heavy atom. The van der Waals surface area contributed by atoms with Crippen LogP contribution in [0.4, 0.5) is 5.69 Å². The van der Waals surface area contributed by atoms with Crippen molar-refractivity contribution < 1.29 is 14.3 Å². The Morgan fingerprint density at radius 2 is 2.08 bits per heavy atom. The van der Waals surface area contributed by atoms with Gasteiger partial charge in [-0.3, -0.25) is 4.79 Å². The predicted molar refractivity (Wildman–Crippen MR) is 97.8 cm³/mol. The lowest BCUT2D eigenvalue weighted by atomic mass is 10.1. The molecule has 1 aliphatic rings. The third kappa shape index (κ3) is 3.68. The number of ether oxygens (including phenoxy) is 2. The topological polar surface area (TPSA) is 47.6 Å². The van der Waals surface area contributed by atoms with E-state index in [1.165, 1.54) is 0 Å². The first kappa shape index (κ1) is 16.7. The van der Waals surface area contributed by atoms with Gasteiger partial charge in [-0.25, -0.2) is 0 Å². The minimum absolute atomic E-state index is 0.250. The molecule has 1 heterocycles. The maximum absolute atomic E-state index is 12.6. The number of para-hydroxylation sites is 1. The van der Waals surface area contributed by atoms with Gasteiger partial charge in [-0.05, 0) is 24.3 Å². The van der Waals surface area contributed by atoms with Crippen molar-refractivity contribution in [2.24, 2.45) is 0 Å². The number of thioether (sulfide) groups is 1. The number of carbonyl (C=O) groups excluding carboxylic acids is 1. The van der Waals surface area contributed by atoms with E-state index in [0.717, 1.165) is 16.3 Å². The van der Waals surface area contributed by atoms with E-state index in [1.54, 1.807) is 23.9 Å². The molecular formula is C18H16ClNO3S. The molecule has 0 fully saturated rings. The summed E-state index contributed by atoms with van der Waals surface area (Å²) in [6.07, 6.45) is 1.82. The molecule has 6 heteroatoms. The minimum Gasteiger partial charge on any atom is -0.486 e. The molecule has 1 aliphatic heterocycles. The molecule has 124 valence electrons. The molecule has 0 unspecified atom stereocenters. The second-order valence-electron chi connectivity index (χ2n) is 5.03. The molecule has 2 aromatic carbocycles. The molecule has 0 atom stereocenters. The van der Waals surface area contributed by atoms with E-state index in [1.807, 2.05) is 30.3 Å². The van der Waals surface area contributed by atoms with E-state index in [-0.39, 0.29) is 5.91 Å². The Bertz CT molecular complexity index is 779. The number of halogens is 1. The van der Waals surface area contributed by atoms with Crippen LogP contribution in [0.3, 0.4) is 0 Å². The van der Waals surface area contributed by atoms with Crippen molar-refractivity contribution in [2.75, 3.05) is 24.3 Å². The zero-order chi connectivity index (χ0) is 16.9. The molecule has 4 nitrogen and oxygen atoms in total. The van der Waals surface area contributed by atoms with Crippen LogP contribution in [0.25, 0.3) is 0 Å². The van der Waals surface area contributed by atoms with E-state index in [0.29, 0.717) is 35.3 Å². The van der Waals surface area contributed by atoms with E-state index < -0.39 is 0 Å². The second kappa shape index (κ2) is 7.64. The summed E-state index contributed by atoms with van der Waals surface area (Å²) in [5.41, 5.74) is 1.17. The SMILES string of the molecule is C=CCSc1ccccc1NC(=O)c1cc(Cl)c2c(c1)OCCO2. The smallest absolute Gasteiger partial charge is 0.255 e. The molecule has 3 rings (SSSR count). The summed E-state index contributed by atoms with van der Waals surface area (Å²) < 4.78 is 11.0. The van der Waals surface area contributed by atoms with Gasteiger partial charge in [0, 0.05) is 16.2 Å². The van der Waals surface area contributed by atoms with E-state index >= 15 is 0 Å². The van der Waals surface area contributed by atoms with Crippen LogP contribution < -0.4 is 14.8 Å². The summed E-state index contributed by atoms with van der Waals surface area (Å²) in [5, 5.41) is 3.29. The summed E-state index contributed by atoms with van der Waals surface area (Å²) in [7, 11) is 0. The van der Waals surface area contributed by atoms with Crippen molar-refractivity contribution in [3.63, 3.8) is 0 Å². The number of benzene rings is 2. The van der Waals surface area contributed by atoms with E-state index in [2.05, 4.69) is 11.9 Å². The maximum Gasteiger partial charge on any atom is 0.255 e. The van der Waals surface area contributed by atoms with Gasteiger partial charge in [0.1, 0.15) is 13.2 Å². The molecule has 0 bridgehead atoms. The molecular weight excluding hydrogens is 346 g/mol. The zero-order valence-corrected chi connectivity index (χ0v) is 14.5. The van der Waals surface area contributed by atoms with Gasteiger partial charge >= 0.3 is 0 Å². The first-order valence-electron chi connectivity index (χ1n) is 7.42. The summed E-state index contributed by atoms with van der Waals surface area (Å²) in [4.78, 5) is 13.6. The number of anilines is 1. The first-order valence-corrected chi connectivity index (χ1v) is 8.78. The Balaban J connectivity index is 1.83. The Hall–Kier alpha value is -2.11. The number of fused-ring (bicyclic) bond motifs is 1. The molecule has 24 heavy (non-hydrogen) atoms. The summed E-state index contributed by atoms with van der Waals surface area (Å²) in [6.45, 7) is 4.61. The highest BCUT2D eigenvalue weighted by Crippen LogP contribution is 2.38. The molecule has 1 N–H and O–H groups in total. The lowest BCUT2D eigenvalue weighted by molar-refractivity contribution is 0.102. The first-order chi connectivity index (χ1) is 11.7. The molecule has 0 aromatic heterocycles. The number of nitrogens with one attached hydrogen (secondary N) is 1. The van der Waals surface area contributed by atoms with Gasteiger partial charge in [0.05, 0.1) is 10.7 Å². The number of hydrogen-bond acceptors (Lipinski definition) is 4. The predicted octanol–water partition coefficient (Wildman–Crippen LogP) is 4.64. The van der Waals surface area contributed by atoms with Gasteiger partial charge in [-0.2, -0.15) is 0 Å². The highest BCUT2D eigenvalue weighted by molar-refractivity contribution is 7.99. The van der Waals surface area contributed by atoms with Crippen molar-refractivity contribution >= 4 is 35.0 Å². The van der Waals surface area contributed by atoms with Crippen molar-refractivity contribution in [3.05, 3.63) is 59.6 Å². The van der Waals surface area contributed by atoms with Crippen molar-refractivity contribution in [1.29, 1.82) is 0 Å². The van der Waals surface area contributed by atoms with Crippen molar-refractivity contribution in [2.45, 2.75) is 4.90 Å². The highest BCUT2D eigenvalue weighted by Gasteiger charge is 2.19. The average Bonchev–Trinajstić information content (AvgIpc) is 2.61. The Labute approximate surface area is 149 Å². The van der Waals surface area contributed by atoms with Crippen molar-refractivity contribution in [1.82, 2.24) is 0 Å². The van der Waals surface area contributed by atoms with Crippen molar-refractivity contribution in [3.8, 4) is 11.5 Å². The lowest BCUT2D eigenvalue weighted by Crippen LogP contribution is -2.18. The number of hydrogen-bond donors (Lipinski definition) is 1. The molecule has 1 amide bonds. The van der Waals surface area contributed by atoms with Gasteiger partial charge in [-0.1, -0.05) is 29.8 Å². The summed E-state index contributed by atoms with van der Waals surface area (Å²) in [5.74, 6) is 1.50.